The maximum Gasteiger partial charge on any atom is 0.274 e. The molecule has 0 atom stereocenters. The summed E-state index contributed by atoms with van der Waals surface area (Å²) in [5, 5.41) is 7.31. The van der Waals surface area contributed by atoms with Crippen LogP contribution in [0.4, 0.5) is 10.3 Å². The van der Waals surface area contributed by atoms with E-state index in [2.05, 4.69) is 15.6 Å². The summed E-state index contributed by atoms with van der Waals surface area (Å²) >= 11 is 1.48. The molecule has 0 bridgehead atoms. The van der Waals surface area contributed by atoms with E-state index in [0.29, 0.717) is 17.2 Å². The maximum absolute atomic E-state index is 13.4. The molecule has 0 spiro atoms. The zero-order chi connectivity index (χ0) is 19.6. The molecule has 3 heterocycles. The summed E-state index contributed by atoms with van der Waals surface area (Å²) in [6, 6.07) is 8.74. The van der Waals surface area contributed by atoms with Gasteiger partial charge in [0.1, 0.15) is 11.9 Å². The lowest BCUT2D eigenvalue weighted by atomic mass is 10.1. The van der Waals surface area contributed by atoms with Gasteiger partial charge in [0, 0.05) is 17.8 Å². The van der Waals surface area contributed by atoms with Crippen LogP contribution < -0.4 is 15.4 Å². The third kappa shape index (κ3) is 4.38. The van der Waals surface area contributed by atoms with Crippen molar-refractivity contribution in [1.82, 2.24) is 20.3 Å². The smallest absolute Gasteiger partial charge is 0.274 e. The number of rotatable bonds is 6. The topological polar surface area (TPSA) is 72.0 Å². The molecule has 8 heteroatoms. The minimum Gasteiger partial charge on any atom is -0.467 e. The fourth-order valence-corrected chi connectivity index (χ4v) is 4.32. The Labute approximate surface area is 172 Å². The highest BCUT2D eigenvalue weighted by molar-refractivity contribution is 7.17. The summed E-state index contributed by atoms with van der Waals surface area (Å²) in [7, 11) is 0. The Morgan fingerprint density at radius 3 is 2.59 bits per heavy atom. The molecule has 2 aliphatic rings. The molecule has 1 saturated heterocycles. The number of anilines is 1. The van der Waals surface area contributed by atoms with Gasteiger partial charge in [0.2, 0.25) is 5.95 Å². The Morgan fingerprint density at radius 1 is 1.03 bits per heavy atom. The van der Waals surface area contributed by atoms with Crippen LogP contribution in [-0.2, 0) is 0 Å². The average Bonchev–Trinajstić information content (AvgIpc) is 3.46. The van der Waals surface area contributed by atoms with Gasteiger partial charge >= 0.3 is 0 Å². The van der Waals surface area contributed by atoms with E-state index in [1.807, 2.05) is 6.07 Å². The molecule has 2 N–H and O–H groups in total. The molecular weight excluding hydrogens is 389 g/mol. The number of halogens is 1. The van der Waals surface area contributed by atoms with Crippen LogP contribution >= 0.6 is 11.3 Å². The molecule has 2 aromatic heterocycles. The van der Waals surface area contributed by atoms with Crippen LogP contribution in [0.15, 0.2) is 36.5 Å². The van der Waals surface area contributed by atoms with Crippen molar-refractivity contribution in [2.75, 3.05) is 18.4 Å². The van der Waals surface area contributed by atoms with E-state index >= 15 is 0 Å². The van der Waals surface area contributed by atoms with Gasteiger partial charge in [-0.15, -0.1) is 0 Å². The lowest BCUT2D eigenvalue weighted by Gasteiger charge is -2.22. The van der Waals surface area contributed by atoms with Gasteiger partial charge in [-0.1, -0.05) is 11.3 Å². The van der Waals surface area contributed by atoms with E-state index in [-0.39, 0.29) is 11.9 Å². The Morgan fingerprint density at radius 2 is 1.83 bits per heavy atom. The molecule has 1 saturated carbocycles. The first-order valence-electron chi connectivity index (χ1n) is 9.99. The molecule has 2 fully saturated rings. The number of nitrogens with zero attached hydrogens (tertiary/aromatic N) is 3. The summed E-state index contributed by atoms with van der Waals surface area (Å²) in [5.74, 6) is 0.360. The van der Waals surface area contributed by atoms with E-state index in [1.165, 1.54) is 23.5 Å². The number of piperidine rings is 1. The lowest BCUT2D eigenvalue weighted by Crippen LogP contribution is -2.34. The van der Waals surface area contributed by atoms with Gasteiger partial charge in [0.25, 0.3) is 5.19 Å². The van der Waals surface area contributed by atoms with E-state index in [9.17, 15) is 4.39 Å². The average molecular weight is 412 g/mol. The molecule has 0 radical (unpaired) electrons. The highest BCUT2D eigenvalue weighted by Gasteiger charge is 2.24. The van der Waals surface area contributed by atoms with Crippen molar-refractivity contribution in [3.63, 3.8) is 0 Å². The molecule has 3 aromatic rings. The van der Waals surface area contributed by atoms with Crippen molar-refractivity contribution >= 4 is 17.3 Å². The first-order chi connectivity index (χ1) is 14.2. The van der Waals surface area contributed by atoms with Crippen LogP contribution in [0.25, 0.3) is 21.8 Å². The minimum atomic E-state index is -0.269. The van der Waals surface area contributed by atoms with Gasteiger partial charge in [-0.05, 0) is 69.1 Å². The van der Waals surface area contributed by atoms with Crippen molar-refractivity contribution < 1.29 is 9.13 Å². The zero-order valence-electron chi connectivity index (χ0n) is 15.9. The van der Waals surface area contributed by atoms with Gasteiger partial charge in [0.15, 0.2) is 0 Å². The predicted molar refractivity (Wildman–Crippen MR) is 112 cm³/mol. The van der Waals surface area contributed by atoms with Crippen molar-refractivity contribution in [2.24, 2.45) is 0 Å². The number of ether oxygens (including phenoxy) is 1. The normalized spacial score (nSPS) is 17.3. The quantitative estimate of drug-likeness (QED) is 0.636. The second-order valence-electron chi connectivity index (χ2n) is 7.42. The van der Waals surface area contributed by atoms with Crippen molar-refractivity contribution in [2.45, 2.75) is 37.8 Å². The SMILES string of the molecule is Fc1ccc(-c2nc(OC3CCNCC3)sc2-c2ccnc(NC3CC3)n2)cc1. The molecule has 5 rings (SSSR count). The van der Waals surface area contributed by atoms with E-state index in [4.69, 9.17) is 14.7 Å². The van der Waals surface area contributed by atoms with Crippen LogP contribution in [0.1, 0.15) is 25.7 Å². The number of nitrogens with one attached hydrogen (secondary N) is 2. The molecule has 150 valence electrons. The number of thiazole rings is 1. The monoisotopic (exact) mass is 411 g/mol. The van der Waals surface area contributed by atoms with Crippen LogP contribution in [-0.4, -0.2) is 40.2 Å². The van der Waals surface area contributed by atoms with E-state index < -0.39 is 0 Å². The van der Waals surface area contributed by atoms with Crippen molar-refractivity contribution in [3.05, 3.63) is 42.3 Å². The largest absolute Gasteiger partial charge is 0.467 e. The predicted octanol–water partition coefficient (Wildman–Crippen LogP) is 4.11. The number of aromatic nitrogens is 3. The van der Waals surface area contributed by atoms with Gasteiger partial charge in [-0.25, -0.2) is 19.3 Å². The first-order valence-corrected chi connectivity index (χ1v) is 10.8. The van der Waals surface area contributed by atoms with E-state index in [1.54, 1.807) is 18.3 Å². The third-order valence-corrected chi connectivity index (χ3v) is 6.05. The number of hydrogen-bond donors (Lipinski definition) is 2. The Hall–Kier alpha value is -2.58. The summed E-state index contributed by atoms with van der Waals surface area (Å²) in [6.07, 6.45) is 6.16. The summed E-state index contributed by atoms with van der Waals surface area (Å²) in [6.45, 7) is 1.91. The van der Waals surface area contributed by atoms with Gasteiger partial charge < -0.3 is 15.4 Å². The first kappa shape index (κ1) is 18.4. The molecule has 0 amide bonds. The number of hydrogen-bond acceptors (Lipinski definition) is 7. The number of benzene rings is 1. The molecule has 1 aromatic carbocycles. The lowest BCUT2D eigenvalue weighted by molar-refractivity contribution is 0.162. The van der Waals surface area contributed by atoms with Gasteiger partial charge in [-0.3, -0.25) is 0 Å². The molecule has 0 unspecified atom stereocenters. The van der Waals surface area contributed by atoms with Crippen LogP contribution in [0, 0.1) is 5.82 Å². The maximum atomic E-state index is 13.4. The summed E-state index contributed by atoms with van der Waals surface area (Å²) in [5.41, 5.74) is 2.39. The minimum absolute atomic E-state index is 0.161. The molecule has 6 nitrogen and oxygen atoms in total. The fourth-order valence-electron chi connectivity index (χ4n) is 3.35. The molecule has 29 heavy (non-hydrogen) atoms. The van der Waals surface area contributed by atoms with Gasteiger partial charge in [-0.2, -0.15) is 0 Å². The second-order valence-corrected chi connectivity index (χ2v) is 8.38. The second kappa shape index (κ2) is 8.04. The molecular formula is C21H22FN5OS. The molecule has 1 aliphatic heterocycles. The highest BCUT2D eigenvalue weighted by Crippen LogP contribution is 2.40. The molecule has 1 aliphatic carbocycles. The van der Waals surface area contributed by atoms with Crippen LogP contribution in [0.3, 0.4) is 0 Å². The van der Waals surface area contributed by atoms with E-state index in [0.717, 1.165) is 60.6 Å². The Balaban J connectivity index is 1.50. The van der Waals surface area contributed by atoms with Crippen LogP contribution in [0.2, 0.25) is 0 Å². The Kier molecular flexibility index (Phi) is 5.12. The standard InChI is InChI=1S/C21H22FN5OS/c22-14-3-1-13(2-4-14)18-19(17-9-12-24-20(26-17)25-15-5-6-15)29-21(27-18)28-16-7-10-23-11-8-16/h1-4,9,12,15-16,23H,5-8,10-11H2,(H,24,25,26). The zero-order valence-corrected chi connectivity index (χ0v) is 16.7. The summed E-state index contributed by atoms with van der Waals surface area (Å²) < 4.78 is 19.6. The summed E-state index contributed by atoms with van der Waals surface area (Å²) in [4.78, 5) is 14.7. The highest BCUT2D eigenvalue weighted by atomic mass is 32.1. The van der Waals surface area contributed by atoms with Crippen LogP contribution in [0.5, 0.6) is 5.19 Å². The third-order valence-electron chi connectivity index (χ3n) is 5.08. The van der Waals surface area contributed by atoms with Crippen molar-refractivity contribution in [1.29, 1.82) is 0 Å². The fraction of sp³-hybridized carbons (Fsp3) is 0.381. The Bertz CT molecular complexity index is 983. The van der Waals surface area contributed by atoms with Crippen molar-refractivity contribution in [3.8, 4) is 27.0 Å². The van der Waals surface area contributed by atoms with Gasteiger partial charge in [0.05, 0.1) is 16.3 Å².